The molecule has 0 unspecified atom stereocenters. The molecule has 6 nitrogen and oxygen atoms in total. The van der Waals surface area contributed by atoms with Gasteiger partial charge < -0.3 is 30.4 Å². The highest BCUT2D eigenvalue weighted by atomic mass is 16.7. The molecule has 1 fully saturated rings. The predicted octanol–water partition coefficient (Wildman–Crippen LogP) is 1.43. The normalized spacial score (nSPS) is 21.9. The first kappa shape index (κ1) is 15.0. The minimum absolute atomic E-state index is 0.0845. The van der Waals surface area contributed by atoms with Crippen LogP contribution in [-0.4, -0.2) is 33.6 Å². The van der Waals surface area contributed by atoms with Crippen molar-refractivity contribution in [1.82, 2.24) is 0 Å². The number of phenolic OH excluding ortho intramolecular Hbond substituents is 3. The van der Waals surface area contributed by atoms with Gasteiger partial charge in [0.15, 0.2) is 0 Å². The zero-order valence-electron chi connectivity index (χ0n) is 12.0. The van der Waals surface area contributed by atoms with Crippen LogP contribution in [0.1, 0.15) is 39.2 Å². The van der Waals surface area contributed by atoms with E-state index in [1.807, 2.05) is 27.7 Å². The number of rotatable bonds is 2. The molecule has 1 aliphatic rings. The summed E-state index contributed by atoms with van der Waals surface area (Å²) < 4.78 is 11.6. The fraction of sp³-hybridized carbons (Fsp3) is 0.538. The molecule has 2 rings (SSSR count). The lowest BCUT2D eigenvalue weighted by Crippen LogP contribution is -2.41. The molecule has 0 aromatic heterocycles. The van der Waals surface area contributed by atoms with E-state index in [9.17, 15) is 15.3 Å². The van der Waals surface area contributed by atoms with Gasteiger partial charge in [0.25, 0.3) is 0 Å². The molecule has 1 saturated heterocycles. The Kier molecular flexibility index (Phi) is 3.40. The first-order valence-electron chi connectivity index (χ1n) is 6.41. The Morgan fingerprint density at radius 1 is 1.00 bits per heavy atom. The van der Waals surface area contributed by atoms with Gasteiger partial charge in [-0.1, -0.05) is 0 Å². The van der Waals surface area contributed by atoms with Crippen LogP contribution in [-0.2, 0) is 9.31 Å². The number of aromatic hydroxyl groups is 3. The third kappa shape index (κ3) is 2.32. The van der Waals surface area contributed by atoms with Gasteiger partial charge in [-0.25, -0.2) is 0 Å². The van der Waals surface area contributed by atoms with Crippen LogP contribution >= 0.6 is 0 Å². The van der Waals surface area contributed by atoms with Gasteiger partial charge in [-0.3, -0.25) is 0 Å². The molecule has 0 spiro atoms. The summed E-state index contributed by atoms with van der Waals surface area (Å²) in [7, 11) is -0.804. The number of hydrogen-bond donors (Lipinski definition) is 4. The third-order valence-electron chi connectivity index (χ3n) is 4.02. The molecule has 110 valence electrons. The number of phenols is 3. The largest absolute Gasteiger partial charge is 0.508 e. The average molecular weight is 281 g/mol. The molecule has 1 aromatic rings. The lowest BCUT2D eigenvalue weighted by Gasteiger charge is -2.32. The Morgan fingerprint density at radius 3 is 1.80 bits per heavy atom. The van der Waals surface area contributed by atoms with E-state index in [-0.39, 0.29) is 22.8 Å². The summed E-state index contributed by atoms with van der Waals surface area (Å²) in [5.74, 6) is -1.73. The van der Waals surface area contributed by atoms with Crippen LogP contribution < -0.4 is 5.73 Å². The fourth-order valence-electron chi connectivity index (χ4n) is 2.12. The minimum Gasteiger partial charge on any atom is -0.508 e. The summed E-state index contributed by atoms with van der Waals surface area (Å²) in [6.07, 6.45) is 0. The van der Waals surface area contributed by atoms with Gasteiger partial charge >= 0.3 is 7.12 Å². The third-order valence-corrected chi connectivity index (χ3v) is 4.02. The molecular weight excluding hydrogens is 261 g/mol. The van der Waals surface area contributed by atoms with Crippen LogP contribution in [0.5, 0.6) is 17.2 Å². The summed E-state index contributed by atoms with van der Waals surface area (Å²) >= 11 is 0. The maximum absolute atomic E-state index is 9.85. The summed E-state index contributed by atoms with van der Waals surface area (Å²) in [5, 5.41) is 29.0. The van der Waals surface area contributed by atoms with Gasteiger partial charge in [0, 0.05) is 12.1 Å². The molecule has 0 bridgehead atoms. The second-order valence-corrected chi connectivity index (χ2v) is 6.05. The maximum atomic E-state index is 9.85. The molecule has 1 aromatic carbocycles. The number of nitrogens with two attached hydrogens (primary N) is 1. The molecule has 7 heteroatoms. The molecular formula is C13H20BNO5. The first-order valence-corrected chi connectivity index (χ1v) is 6.41. The van der Waals surface area contributed by atoms with E-state index < -0.39 is 24.3 Å². The molecule has 20 heavy (non-hydrogen) atoms. The van der Waals surface area contributed by atoms with Crippen molar-refractivity contribution < 1.29 is 24.6 Å². The molecule has 0 amide bonds. The Balaban J connectivity index is 2.33. The van der Waals surface area contributed by atoms with E-state index in [0.29, 0.717) is 0 Å². The Bertz CT molecular complexity index is 492. The van der Waals surface area contributed by atoms with Crippen molar-refractivity contribution >= 4 is 7.12 Å². The molecule has 5 N–H and O–H groups in total. The first-order chi connectivity index (χ1) is 9.05. The summed E-state index contributed by atoms with van der Waals surface area (Å²) in [4.78, 5) is 0. The van der Waals surface area contributed by atoms with Crippen molar-refractivity contribution in [2.24, 2.45) is 5.73 Å². The number of benzene rings is 1. The van der Waals surface area contributed by atoms with Gasteiger partial charge in [0.1, 0.15) is 17.2 Å². The highest BCUT2D eigenvalue weighted by molar-refractivity contribution is 6.47. The predicted molar refractivity (Wildman–Crippen MR) is 74.4 cm³/mol. The van der Waals surface area contributed by atoms with E-state index in [1.165, 1.54) is 0 Å². The zero-order chi connectivity index (χ0) is 15.3. The highest BCUT2D eigenvalue weighted by Crippen LogP contribution is 2.43. The van der Waals surface area contributed by atoms with Crippen LogP contribution in [0.2, 0.25) is 0 Å². The van der Waals surface area contributed by atoms with E-state index in [1.54, 1.807) is 0 Å². The quantitative estimate of drug-likeness (QED) is 0.611. The molecule has 0 saturated carbocycles. The summed E-state index contributed by atoms with van der Waals surface area (Å²) in [6.45, 7) is 7.54. The van der Waals surface area contributed by atoms with Gasteiger partial charge in [0.2, 0.25) is 0 Å². The van der Waals surface area contributed by atoms with Crippen LogP contribution in [0.3, 0.4) is 0 Å². The zero-order valence-corrected chi connectivity index (χ0v) is 12.0. The van der Waals surface area contributed by atoms with Gasteiger partial charge in [-0.2, -0.15) is 0 Å². The lowest BCUT2D eigenvalue weighted by atomic mass is 9.74. The Hall–Kier alpha value is -1.44. The topological polar surface area (TPSA) is 105 Å². The van der Waals surface area contributed by atoms with Crippen LogP contribution in [0.15, 0.2) is 12.1 Å². The lowest BCUT2D eigenvalue weighted by molar-refractivity contribution is 0.00578. The molecule has 0 aliphatic carbocycles. The minimum atomic E-state index is -0.878. The fourth-order valence-corrected chi connectivity index (χ4v) is 2.12. The van der Waals surface area contributed by atoms with Gasteiger partial charge in [-0.05, 0) is 27.7 Å². The standard InChI is InChI=1S/C13H20BNO5/c1-12(2)13(3,4)20-14(19-12)11(15)10-8(17)5-7(16)6-9(10)18/h5-6,11,16-18H,15H2,1-4H3/t11-/m0/s1. The van der Waals surface area contributed by atoms with Crippen molar-refractivity contribution in [3.05, 3.63) is 17.7 Å². The van der Waals surface area contributed by atoms with E-state index in [4.69, 9.17) is 15.0 Å². The van der Waals surface area contributed by atoms with E-state index in [2.05, 4.69) is 0 Å². The maximum Gasteiger partial charge on any atom is 0.480 e. The SMILES string of the molecule is CC1(C)OB([C@@H](N)c2c(O)cc(O)cc2O)OC1(C)C. The van der Waals surface area contributed by atoms with Crippen LogP contribution in [0.4, 0.5) is 0 Å². The average Bonchev–Trinajstić information content (AvgIpc) is 2.46. The van der Waals surface area contributed by atoms with Crippen LogP contribution in [0, 0.1) is 0 Å². The van der Waals surface area contributed by atoms with E-state index >= 15 is 0 Å². The van der Waals surface area contributed by atoms with Crippen molar-refractivity contribution in [1.29, 1.82) is 0 Å². The van der Waals surface area contributed by atoms with Crippen molar-refractivity contribution in [2.45, 2.75) is 44.8 Å². The summed E-state index contributed by atoms with van der Waals surface area (Å²) in [6, 6.07) is 2.22. The van der Waals surface area contributed by atoms with E-state index in [0.717, 1.165) is 12.1 Å². The van der Waals surface area contributed by atoms with Crippen molar-refractivity contribution in [3.63, 3.8) is 0 Å². The smallest absolute Gasteiger partial charge is 0.480 e. The van der Waals surface area contributed by atoms with Crippen LogP contribution in [0.25, 0.3) is 0 Å². The summed E-state index contributed by atoms with van der Waals surface area (Å²) in [5.41, 5.74) is 5.01. The molecule has 1 aliphatic heterocycles. The molecule has 0 radical (unpaired) electrons. The highest BCUT2D eigenvalue weighted by Gasteiger charge is 2.54. The Labute approximate surface area is 118 Å². The van der Waals surface area contributed by atoms with Crippen molar-refractivity contribution in [3.8, 4) is 17.2 Å². The second kappa shape index (κ2) is 4.54. The molecule has 1 heterocycles. The number of hydrogen-bond acceptors (Lipinski definition) is 6. The van der Waals surface area contributed by atoms with Gasteiger partial charge in [0.05, 0.1) is 22.7 Å². The Morgan fingerprint density at radius 2 is 1.40 bits per heavy atom. The van der Waals surface area contributed by atoms with Gasteiger partial charge in [-0.15, -0.1) is 0 Å². The molecule has 1 atom stereocenters. The monoisotopic (exact) mass is 281 g/mol. The van der Waals surface area contributed by atoms with Crippen molar-refractivity contribution in [2.75, 3.05) is 0 Å². The second-order valence-electron chi connectivity index (χ2n) is 6.05.